The number of benzene rings is 2. The molecule has 0 unspecified atom stereocenters. The lowest BCUT2D eigenvalue weighted by Crippen LogP contribution is -2.31. The molecule has 1 amide bonds. The van der Waals surface area contributed by atoms with Crippen LogP contribution in [0.4, 0.5) is 26.0 Å². The van der Waals surface area contributed by atoms with Gasteiger partial charge in [0.1, 0.15) is 28.8 Å². The lowest BCUT2D eigenvalue weighted by molar-refractivity contribution is 0.0948. The highest BCUT2D eigenvalue weighted by Crippen LogP contribution is 2.36. The Morgan fingerprint density at radius 3 is 2.53 bits per heavy atom. The molecule has 1 saturated carbocycles. The van der Waals surface area contributed by atoms with E-state index >= 15 is 0 Å². The van der Waals surface area contributed by atoms with E-state index in [-0.39, 0.29) is 45.9 Å². The van der Waals surface area contributed by atoms with Gasteiger partial charge in [-0.25, -0.2) is 17.2 Å². The number of rotatable bonds is 8. The van der Waals surface area contributed by atoms with Crippen LogP contribution in [0.25, 0.3) is 0 Å². The molecule has 1 aliphatic rings. The maximum atomic E-state index is 14.7. The van der Waals surface area contributed by atoms with Gasteiger partial charge in [-0.1, -0.05) is 0 Å². The third-order valence-electron chi connectivity index (χ3n) is 5.40. The maximum Gasteiger partial charge on any atom is 0.259 e. The first-order valence-electron chi connectivity index (χ1n) is 10.7. The Kier molecular flexibility index (Phi) is 7.49. The van der Waals surface area contributed by atoms with Crippen molar-refractivity contribution in [3.05, 3.63) is 73.1 Å². The predicted octanol–water partition coefficient (Wildman–Crippen LogP) is 3.94. The summed E-state index contributed by atoms with van der Waals surface area (Å²) in [7, 11) is -1.65. The minimum absolute atomic E-state index is 0.0252. The lowest BCUT2D eigenvalue weighted by Gasteiger charge is -2.21. The van der Waals surface area contributed by atoms with Gasteiger partial charge in [-0.3, -0.25) is 18.9 Å². The van der Waals surface area contributed by atoms with Crippen LogP contribution in [0.1, 0.15) is 28.8 Å². The zero-order valence-electron chi connectivity index (χ0n) is 19.0. The van der Waals surface area contributed by atoms with Crippen molar-refractivity contribution in [2.75, 3.05) is 10.0 Å². The van der Waals surface area contributed by atoms with E-state index in [1.807, 2.05) is 22.6 Å². The number of nitrogens with zero attached hydrogens (tertiary/aromatic N) is 1. The zero-order valence-corrected chi connectivity index (χ0v) is 22.1. The number of nitrogens with one attached hydrogen (secondary N) is 3. The van der Waals surface area contributed by atoms with E-state index in [0.29, 0.717) is 3.57 Å². The van der Waals surface area contributed by atoms with Crippen LogP contribution in [-0.2, 0) is 17.9 Å². The third-order valence-corrected chi connectivity index (χ3v) is 6.51. The number of carbonyl (C=O) groups is 1. The Morgan fingerprint density at radius 1 is 1.17 bits per heavy atom. The first-order chi connectivity index (χ1) is 17.0. The van der Waals surface area contributed by atoms with Crippen LogP contribution in [0.3, 0.4) is 0 Å². The maximum absolute atomic E-state index is 14.7. The van der Waals surface area contributed by atoms with Crippen molar-refractivity contribution < 1.29 is 26.7 Å². The number of carbonyl (C=O) groups excluding carboxylic acids is 1. The molecule has 1 heterocycles. The van der Waals surface area contributed by atoms with Crippen molar-refractivity contribution in [3.63, 3.8) is 0 Å². The minimum atomic E-state index is -3.07. The summed E-state index contributed by atoms with van der Waals surface area (Å²) in [5, 5.41) is 5.66. The molecule has 0 spiro atoms. The Morgan fingerprint density at radius 2 is 1.89 bits per heavy atom. The largest absolute Gasteiger partial charge is 0.456 e. The Hall–Kier alpha value is -3.20. The van der Waals surface area contributed by atoms with Gasteiger partial charge in [0.25, 0.3) is 11.5 Å². The second kappa shape index (κ2) is 10.4. The van der Waals surface area contributed by atoms with E-state index in [9.17, 15) is 26.8 Å². The fraction of sp³-hybridized carbons (Fsp3) is 0.217. The number of hydrogen-bond acceptors (Lipinski definition) is 6. The summed E-state index contributed by atoms with van der Waals surface area (Å²) in [4.78, 5) is 26.4. The molecule has 0 bridgehead atoms. The van der Waals surface area contributed by atoms with Crippen molar-refractivity contribution in [2.24, 2.45) is 7.05 Å². The van der Waals surface area contributed by atoms with Crippen molar-refractivity contribution >= 4 is 56.6 Å². The summed E-state index contributed by atoms with van der Waals surface area (Å²) in [6.07, 6.45) is 1.57. The molecule has 190 valence electrons. The van der Waals surface area contributed by atoms with Gasteiger partial charge in [0.05, 0.1) is 16.9 Å². The number of amides is 1. The average Bonchev–Trinajstić information content (AvgIpc) is 3.60. The van der Waals surface area contributed by atoms with E-state index in [1.165, 1.54) is 36.7 Å². The van der Waals surface area contributed by atoms with Gasteiger partial charge in [-0.05, 0) is 66.6 Å². The topological polar surface area (TPSA) is 119 Å². The van der Waals surface area contributed by atoms with E-state index in [1.54, 1.807) is 6.07 Å². The zero-order chi connectivity index (χ0) is 26.1. The number of pyridine rings is 1. The van der Waals surface area contributed by atoms with Gasteiger partial charge < -0.3 is 15.4 Å². The molecule has 1 aromatic heterocycles. The summed E-state index contributed by atoms with van der Waals surface area (Å²) >= 11 is 1.96. The predicted molar refractivity (Wildman–Crippen MR) is 140 cm³/mol. The molecule has 2 aromatic carbocycles. The molecular formula is C23H21F2IN4O5S. The van der Waals surface area contributed by atoms with Gasteiger partial charge in [0, 0.05) is 28.8 Å². The summed E-state index contributed by atoms with van der Waals surface area (Å²) < 4.78 is 60.6. The summed E-state index contributed by atoms with van der Waals surface area (Å²) in [6.45, 7) is 1.44. The van der Waals surface area contributed by atoms with Crippen LogP contribution in [0.15, 0.2) is 41.2 Å². The monoisotopic (exact) mass is 630 g/mol. The molecule has 1 fully saturated rings. The standard InChI is InChI=1S/C23H21F2IN4O5S/c1-11-20(35-16-8-12(24)7-15(10-16)29-36(33)34)19(22(31)27-14-4-5-14)21(30(2)23(11)32)28-18-6-3-13(26)9-17(18)25/h3,6-10,14,28,36H,4-5H2,1-2H3,(H,27,31)(H,29,33,34). The normalized spacial score (nSPS) is 12.9. The number of aromatic nitrogens is 1. The molecule has 1 aliphatic carbocycles. The molecule has 0 atom stereocenters. The average molecular weight is 630 g/mol. The Balaban J connectivity index is 1.88. The lowest BCUT2D eigenvalue weighted by atomic mass is 10.1. The molecule has 36 heavy (non-hydrogen) atoms. The van der Waals surface area contributed by atoms with Crippen molar-refractivity contribution in [1.29, 1.82) is 0 Å². The van der Waals surface area contributed by atoms with Crippen molar-refractivity contribution in [3.8, 4) is 11.5 Å². The second-order valence-corrected chi connectivity index (χ2v) is 10.2. The Bertz CT molecular complexity index is 1500. The van der Waals surface area contributed by atoms with Gasteiger partial charge in [0.15, 0.2) is 5.75 Å². The van der Waals surface area contributed by atoms with Crippen LogP contribution in [0.5, 0.6) is 11.5 Å². The number of anilines is 3. The first kappa shape index (κ1) is 25.9. The molecule has 0 saturated heterocycles. The van der Waals surface area contributed by atoms with Crippen LogP contribution in [0, 0.1) is 22.1 Å². The van der Waals surface area contributed by atoms with Gasteiger partial charge >= 0.3 is 0 Å². The first-order valence-corrected chi connectivity index (χ1v) is 12.9. The highest BCUT2D eigenvalue weighted by Gasteiger charge is 2.30. The third kappa shape index (κ3) is 5.78. The highest BCUT2D eigenvalue weighted by molar-refractivity contribution is 14.1. The van der Waals surface area contributed by atoms with E-state index < -0.39 is 34.0 Å². The molecule has 0 aliphatic heterocycles. The molecule has 9 nitrogen and oxygen atoms in total. The molecule has 3 aromatic rings. The molecule has 4 rings (SSSR count). The smallest absolute Gasteiger partial charge is 0.259 e. The molecule has 3 N–H and O–H groups in total. The van der Waals surface area contributed by atoms with Crippen molar-refractivity contribution in [2.45, 2.75) is 25.8 Å². The Labute approximate surface area is 220 Å². The van der Waals surface area contributed by atoms with Crippen LogP contribution in [0.2, 0.25) is 0 Å². The van der Waals surface area contributed by atoms with Crippen LogP contribution >= 0.6 is 22.6 Å². The number of hydrogen-bond donors (Lipinski definition) is 4. The number of halogens is 3. The molecule has 13 heteroatoms. The molecule has 0 radical (unpaired) electrons. The van der Waals surface area contributed by atoms with Crippen molar-refractivity contribution in [1.82, 2.24) is 9.88 Å². The van der Waals surface area contributed by atoms with E-state index in [2.05, 4.69) is 15.4 Å². The quantitative estimate of drug-likeness (QED) is 0.221. The SMILES string of the molecule is Cc1c(Oc2cc(F)cc(N[SH](=O)=O)c2)c(C(=O)NC2CC2)c(Nc2ccc(I)cc2F)n(C)c1=O. The molecular weight excluding hydrogens is 609 g/mol. The summed E-state index contributed by atoms with van der Waals surface area (Å²) in [6, 6.07) is 7.50. The number of ether oxygens (including phenoxy) is 1. The van der Waals surface area contributed by atoms with Crippen LogP contribution < -0.4 is 25.7 Å². The minimum Gasteiger partial charge on any atom is -0.456 e. The summed E-state index contributed by atoms with van der Waals surface area (Å²) in [5.41, 5.74) is -0.671. The van der Waals surface area contributed by atoms with Gasteiger partial charge in [0.2, 0.25) is 10.9 Å². The second-order valence-electron chi connectivity index (χ2n) is 8.19. The highest BCUT2D eigenvalue weighted by atomic mass is 127. The van der Waals surface area contributed by atoms with Gasteiger partial charge in [-0.15, -0.1) is 0 Å². The van der Waals surface area contributed by atoms with Gasteiger partial charge in [-0.2, -0.15) is 0 Å². The fourth-order valence-corrected chi connectivity index (χ4v) is 4.30. The number of thiol groups is 1. The van der Waals surface area contributed by atoms with Crippen LogP contribution in [-0.4, -0.2) is 24.9 Å². The van der Waals surface area contributed by atoms with E-state index in [4.69, 9.17) is 4.74 Å². The summed E-state index contributed by atoms with van der Waals surface area (Å²) in [5.74, 6) is -2.34. The van der Waals surface area contributed by atoms with E-state index in [0.717, 1.165) is 25.0 Å². The fourth-order valence-electron chi connectivity index (χ4n) is 3.51.